The molecule has 18 heavy (non-hydrogen) atoms. The molecule has 6 aliphatic carbocycles. The molecule has 0 bridgehead atoms. The van der Waals surface area contributed by atoms with Crippen LogP contribution < -0.4 is 0 Å². The minimum atomic E-state index is -0.608. The fourth-order valence-electron chi connectivity index (χ4n) is 6.73. The minimum Gasteiger partial charge on any atom is -0.481 e. The van der Waals surface area contributed by atoms with Gasteiger partial charge in [0.1, 0.15) is 5.60 Å². The average Bonchev–Trinajstić information content (AvgIpc) is 2.25. The predicted molar refractivity (Wildman–Crippen MR) is 59.3 cm³/mol. The van der Waals surface area contributed by atoms with Crippen LogP contribution in [-0.2, 0) is 14.3 Å². The Morgan fingerprint density at radius 1 is 0.944 bits per heavy atom. The molecule has 0 atom stereocenters. The number of carboxylic acid groups (broad SMARTS) is 1. The Hall–Kier alpha value is -1.06. The molecule has 6 aliphatic rings. The van der Waals surface area contributed by atoms with E-state index >= 15 is 0 Å². The quantitative estimate of drug-likeness (QED) is 0.745. The number of carbonyl (C=O) groups excluding carboxylic acids is 1. The molecule has 0 aromatic carbocycles. The maximum absolute atomic E-state index is 12.3. The van der Waals surface area contributed by atoms with E-state index in [9.17, 15) is 14.7 Å². The molecule has 6 rings (SSSR count). The highest BCUT2D eigenvalue weighted by atomic mass is 16.6. The number of rotatable bonds is 2. The second kappa shape index (κ2) is 2.02. The Morgan fingerprint density at radius 2 is 1.33 bits per heavy atom. The molecule has 0 saturated heterocycles. The lowest BCUT2D eigenvalue weighted by molar-refractivity contribution is -0.629. The van der Waals surface area contributed by atoms with Crippen molar-refractivity contribution in [2.24, 2.45) is 46.3 Å². The first-order chi connectivity index (χ1) is 8.30. The maximum atomic E-state index is 12.3. The molecule has 0 unspecified atom stereocenters. The Labute approximate surface area is 105 Å². The molecule has 1 N–H and O–H groups in total. The summed E-state index contributed by atoms with van der Waals surface area (Å²) in [6.07, 6.45) is 0. The van der Waals surface area contributed by atoms with E-state index in [1.165, 1.54) is 0 Å². The highest BCUT2D eigenvalue weighted by Gasteiger charge is 3.13. The number of aliphatic carboxylic acids is 1. The van der Waals surface area contributed by atoms with E-state index in [0.29, 0.717) is 35.5 Å². The van der Waals surface area contributed by atoms with Crippen LogP contribution in [0.4, 0.5) is 0 Å². The molecule has 0 radical (unpaired) electrons. The van der Waals surface area contributed by atoms with Gasteiger partial charge in [-0.3, -0.25) is 9.59 Å². The molecular formula is C14H16O4. The number of hydrogen-bond donors (Lipinski definition) is 1. The van der Waals surface area contributed by atoms with Gasteiger partial charge in [0.25, 0.3) is 0 Å². The van der Waals surface area contributed by atoms with Gasteiger partial charge in [-0.05, 0) is 56.3 Å². The van der Waals surface area contributed by atoms with Crippen LogP contribution in [0.5, 0.6) is 0 Å². The van der Waals surface area contributed by atoms with Crippen LogP contribution in [0.2, 0.25) is 0 Å². The first-order valence-electron chi connectivity index (χ1n) is 6.77. The van der Waals surface area contributed by atoms with Crippen LogP contribution >= 0.6 is 0 Å². The van der Waals surface area contributed by atoms with Crippen LogP contribution in [0, 0.1) is 46.3 Å². The Balaban J connectivity index is 1.45. The van der Waals surface area contributed by atoms with Crippen LogP contribution in [0.3, 0.4) is 0 Å². The van der Waals surface area contributed by atoms with Gasteiger partial charge in [0.15, 0.2) is 0 Å². The minimum absolute atomic E-state index is 0.0440. The summed E-state index contributed by atoms with van der Waals surface area (Å²) < 4.78 is 5.55. The maximum Gasteiger partial charge on any atom is 0.313 e. The van der Waals surface area contributed by atoms with Crippen molar-refractivity contribution in [2.75, 3.05) is 0 Å². The summed E-state index contributed by atoms with van der Waals surface area (Å²) in [7, 11) is 0. The van der Waals surface area contributed by atoms with Crippen molar-refractivity contribution in [3.63, 3.8) is 0 Å². The lowest BCUT2D eigenvalue weighted by atomic mass is 8.92. The largest absolute Gasteiger partial charge is 0.481 e. The van der Waals surface area contributed by atoms with Gasteiger partial charge < -0.3 is 9.84 Å². The molecule has 0 heterocycles. The summed E-state index contributed by atoms with van der Waals surface area (Å²) >= 11 is 0. The summed E-state index contributed by atoms with van der Waals surface area (Å²) in [6, 6.07) is 0. The van der Waals surface area contributed by atoms with Gasteiger partial charge in [-0.2, -0.15) is 0 Å². The Kier molecular flexibility index (Phi) is 1.10. The monoisotopic (exact) mass is 248 g/mol. The molecule has 4 heteroatoms. The van der Waals surface area contributed by atoms with Crippen molar-refractivity contribution >= 4 is 11.9 Å². The third-order valence-electron chi connectivity index (χ3n) is 6.75. The van der Waals surface area contributed by atoms with Gasteiger partial charge in [-0.1, -0.05) is 0 Å². The lowest BCUT2D eigenvalue weighted by Crippen LogP contribution is -3.12. The third kappa shape index (κ3) is 0.503. The zero-order valence-corrected chi connectivity index (χ0v) is 10.6. The van der Waals surface area contributed by atoms with E-state index in [-0.39, 0.29) is 16.8 Å². The van der Waals surface area contributed by atoms with E-state index < -0.39 is 11.6 Å². The van der Waals surface area contributed by atoms with Crippen LogP contribution in [0.15, 0.2) is 0 Å². The van der Waals surface area contributed by atoms with Gasteiger partial charge in [-0.25, -0.2) is 0 Å². The summed E-state index contributed by atoms with van der Waals surface area (Å²) in [5, 5.41) is 9.36. The first-order valence-corrected chi connectivity index (χ1v) is 6.77. The van der Waals surface area contributed by atoms with Crippen molar-refractivity contribution in [1.82, 2.24) is 0 Å². The molecule has 0 aromatic rings. The predicted octanol–water partition coefficient (Wildman–Crippen LogP) is 1.15. The molecule has 96 valence electrons. The Bertz CT molecular complexity index is 487. The standard InChI is InChI=1S/C14H16O4/c1-12(2,3)18-11(17)14-7-4-8(14)6-9(14)5(7)13(4,6)10(15)16/h4-9H,1-3H3,(H,15,16). The first kappa shape index (κ1) is 9.82. The highest BCUT2D eigenvalue weighted by molar-refractivity contribution is 5.96. The van der Waals surface area contributed by atoms with Crippen LogP contribution in [0.25, 0.3) is 0 Å². The molecule has 0 aromatic heterocycles. The highest BCUT2D eigenvalue weighted by Crippen LogP contribution is 3.10. The zero-order chi connectivity index (χ0) is 12.8. The van der Waals surface area contributed by atoms with Gasteiger partial charge in [0, 0.05) is 0 Å². The number of carboxylic acids is 1. The second-order valence-electron chi connectivity index (χ2n) is 7.83. The number of hydrogen-bond acceptors (Lipinski definition) is 3. The fourth-order valence-corrected chi connectivity index (χ4v) is 6.73. The van der Waals surface area contributed by atoms with Crippen LogP contribution in [0.1, 0.15) is 20.8 Å². The number of carbonyl (C=O) groups is 2. The summed E-state index contributed by atoms with van der Waals surface area (Å²) in [5.41, 5.74) is -1.05. The van der Waals surface area contributed by atoms with E-state index in [1.807, 2.05) is 20.8 Å². The molecule has 6 fully saturated rings. The second-order valence-corrected chi connectivity index (χ2v) is 7.83. The summed E-state index contributed by atoms with van der Waals surface area (Å²) in [4.78, 5) is 23.7. The van der Waals surface area contributed by atoms with E-state index in [2.05, 4.69) is 0 Å². The smallest absolute Gasteiger partial charge is 0.313 e. The van der Waals surface area contributed by atoms with E-state index in [0.717, 1.165) is 0 Å². The normalized spacial score (nSPS) is 63.3. The fraction of sp³-hybridized carbons (Fsp3) is 0.857. The van der Waals surface area contributed by atoms with Crippen molar-refractivity contribution in [3.05, 3.63) is 0 Å². The molecule has 0 aliphatic heterocycles. The van der Waals surface area contributed by atoms with Crippen molar-refractivity contribution in [1.29, 1.82) is 0 Å². The SMILES string of the molecule is CC(C)(C)OC(=O)C12C3C4C1C1C2C3C41C(=O)O. The molecule has 0 amide bonds. The topological polar surface area (TPSA) is 63.6 Å². The van der Waals surface area contributed by atoms with E-state index in [1.54, 1.807) is 0 Å². The van der Waals surface area contributed by atoms with Gasteiger partial charge in [-0.15, -0.1) is 0 Å². The van der Waals surface area contributed by atoms with Crippen molar-refractivity contribution < 1.29 is 19.4 Å². The third-order valence-corrected chi connectivity index (χ3v) is 6.75. The average molecular weight is 248 g/mol. The molecule has 6 saturated carbocycles. The van der Waals surface area contributed by atoms with Crippen LogP contribution in [-0.4, -0.2) is 22.6 Å². The lowest BCUT2D eigenvalue weighted by Gasteiger charge is -3.08. The van der Waals surface area contributed by atoms with Gasteiger partial charge >= 0.3 is 11.9 Å². The van der Waals surface area contributed by atoms with Crippen molar-refractivity contribution in [3.8, 4) is 0 Å². The summed E-state index contributed by atoms with van der Waals surface area (Å²) in [6.45, 7) is 5.68. The summed E-state index contributed by atoms with van der Waals surface area (Å²) in [5.74, 6) is 1.32. The molecule has 4 nitrogen and oxygen atoms in total. The number of ether oxygens (including phenoxy) is 1. The number of esters is 1. The van der Waals surface area contributed by atoms with Gasteiger partial charge in [0.2, 0.25) is 0 Å². The van der Waals surface area contributed by atoms with E-state index in [4.69, 9.17) is 4.74 Å². The van der Waals surface area contributed by atoms with Gasteiger partial charge in [0.05, 0.1) is 10.8 Å². The zero-order valence-electron chi connectivity index (χ0n) is 10.6. The molecular weight excluding hydrogens is 232 g/mol. The van der Waals surface area contributed by atoms with Crippen molar-refractivity contribution in [2.45, 2.75) is 26.4 Å². The Morgan fingerprint density at radius 3 is 1.67 bits per heavy atom. The molecule has 0 spiro atoms.